The Bertz CT molecular complexity index is 1230. The Morgan fingerprint density at radius 1 is 0.507 bits per heavy atom. The predicted octanol–water partition coefficient (Wildman–Crippen LogP) is 13.5. The van der Waals surface area contributed by atoms with E-state index in [1.165, 1.54) is 161 Å². The van der Waals surface area contributed by atoms with Gasteiger partial charge in [0.15, 0.2) is 6.29 Å². The summed E-state index contributed by atoms with van der Waals surface area (Å²) in [7, 11) is 0. The normalized spacial score (nSPS) is 20.1. The number of rotatable bonds is 47. The van der Waals surface area contributed by atoms with Gasteiger partial charge in [0.1, 0.15) is 24.4 Å². The minimum absolute atomic E-state index is 0.199. The average molecular weight is 944 g/mol. The van der Waals surface area contributed by atoms with Gasteiger partial charge in [-0.2, -0.15) is 0 Å². The van der Waals surface area contributed by atoms with Gasteiger partial charge in [-0.05, 0) is 77.0 Å². The van der Waals surface area contributed by atoms with Crippen molar-refractivity contribution in [2.75, 3.05) is 13.2 Å². The number of aliphatic hydroxyl groups is 5. The summed E-state index contributed by atoms with van der Waals surface area (Å²) in [5.74, 6) is -0.199. The van der Waals surface area contributed by atoms with Crippen LogP contribution in [0.3, 0.4) is 0 Å². The van der Waals surface area contributed by atoms with E-state index in [2.05, 4.69) is 67.8 Å². The topological polar surface area (TPSA) is 149 Å². The van der Waals surface area contributed by atoms with Crippen molar-refractivity contribution in [1.29, 1.82) is 0 Å². The van der Waals surface area contributed by atoms with Crippen LogP contribution in [0, 0.1) is 0 Å². The van der Waals surface area contributed by atoms with Crippen molar-refractivity contribution in [2.45, 2.75) is 288 Å². The van der Waals surface area contributed by atoms with Crippen LogP contribution in [-0.4, -0.2) is 87.5 Å². The lowest BCUT2D eigenvalue weighted by molar-refractivity contribution is -0.302. The monoisotopic (exact) mass is 944 g/mol. The van der Waals surface area contributed by atoms with E-state index in [0.29, 0.717) is 6.42 Å². The number of carbonyl (C=O) groups excluding carboxylic acids is 1. The zero-order valence-corrected chi connectivity index (χ0v) is 43.1. The molecule has 390 valence electrons. The third-order valence-corrected chi connectivity index (χ3v) is 13.0. The van der Waals surface area contributed by atoms with E-state index in [9.17, 15) is 30.3 Å². The Balaban J connectivity index is 2.28. The van der Waals surface area contributed by atoms with Crippen molar-refractivity contribution in [3.63, 3.8) is 0 Å². The van der Waals surface area contributed by atoms with Gasteiger partial charge in [0.25, 0.3) is 0 Å². The van der Waals surface area contributed by atoms with Crippen LogP contribution < -0.4 is 5.32 Å². The van der Waals surface area contributed by atoms with Gasteiger partial charge in [0.2, 0.25) is 5.91 Å². The first-order valence-electron chi connectivity index (χ1n) is 28.0. The van der Waals surface area contributed by atoms with Gasteiger partial charge in [-0.3, -0.25) is 4.79 Å². The molecule has 1 aliphatic rings. The molecule has 0 saturated carbocycles. The minimum atomic E-state index is -1.58. The maximum atomic E-state index is 13.0. The molecule has 1 fully saturated rings. The highest BCUT2D eigenvalue weighted by atomic mass is 16.7. The van der Waals surface area contributed by atoms with Crippen molar-refractivity contribution >= 4 is 5.91 Å². The van der Waals surface area contributed by atoms with Crippen LogP contribution in [-0.2, 0) is 14.3 Å². The summed E-state index contributed by atoms with van der Waals surface area (Å²) in [4.78, 5) is 13.0. The van der Waals surface area contributed by atoms with Crippen molar-refractivity contribution < 1.29 is 39.8 Å². The molecule has 67 heavy (non-hydrogen) atoms. The van der Waals surface area contributed by atoms with E-state index >= 15 is 0 Å². The van der Waals surface area contributed by atoms with E-state index in [1.54, 1.807) is 6.08 Å². The maximum Gasteiger partial charge on any atom is 0.220 e. The summed E-state index contributed by atoms with van der Waals surface area (Å²) in [5.41, 5.74) is 0. The summed E-state index contributed by atoms with van der Waals surface area (Å²) in [6, 6.07) is -0.835. The zero-order chi connectivity index (χ0) is 48.7. The Morgan fingerprint density at radius 2 is 0.896 bits per heavy atom. The minimum Gasteiger partial charge on any atom is -0.394 e. The second-order valence-corrected chi connectivity index (χ2v) is 19.4. The van der Waals surface area contributed by atoms with Crippen LogP contribution in [0.2, 0.25) is 0 Å². The first-order valence-corrected chi connectivity index (χ1v) is 28.0. The lowest BCUT2D eigenvalue weighted by Gasteiger charge is -2.40. The highest BCUT2D eigenvalue weighted by molar-refractivity contribution is 5.76. The average Bonchev–Trinajstić information content (AvgIpc) is 3.33. The molecular formula is C58H105NO8. The first kappa shape index (κ1) is 62.9. The second-order valence-electron chi connectivity index (χ2n) is 19.4. The van der Waals surface area contributed by atoms with Gasteiger partial charge in [-0.25, -0.2) is 0 Å². The van der Waals surface area contributed by atoms with Crippen LogP contribution >= 0.6 is 0 Å². The molecule has 1 heterocycles. The van der Waals surface area contributed by atoms with Crippen LogP contribution in [0.4, 0.5) is 0 Å². The smallest absolute Gasteiger partial charge is 0.220 e. The number of unbranched alkanes of at least 4 members (excludes halogenated alkanes) is 29. The maximum absolute atomic E-state index is 13.0. The fraction of sp³-hybridized carbons (Fsp3) is 0.810. The van der Waals surface area contributed by atoms with Crippen LogP contribution in [0.1, 0.15) is 245 Å². The lowest BCUT2D eigenvalue weighted by Crippen LogP contribution is -2.60. The molecule has 7 atom stereocenters. The number of nitrogens with one attached hydrogen (secondary N) is 1. The molecule has 0 aromatic rings. The standard InChI is InChI=1S/C58H105NO8/c1-3-5-7-9-11-13-15-17-19-21-22-23-24-25-26-27-28-29-30-32-33-35-37-39-41-43-45-47-52(61)51(50-66-58-57(65)56(64)55(63)53(49-60)67-58)59-54(62)48-46-44-42-40-38-36-34-31-20-18-16-14-12-10-8-6-4-2/h12,14,18,20,30,32,37,39,45,47,51-53,55-58,60-61,63-65H,3-11,13,15-17,19,21-29,31,33-36,38,40-44,46,48-50H2,1-2H3,(H,59,62)/b14-12-,20-18-,32-30+,39-37+,47-45+. The lowest BCUT2D eigenvalue weighted by atomic mass is 9.99. The molecule has 9 nitrogen and oxygen atoms in total. The van der Waals surface area contributed by atoms with Crippen molar-refractivity contribution in [3.8, 4) is 0 Å². The summed E-state index contributed by atoms with van der Waals surface area (Å²) in [6.45, 7) is 3.74. The number of ether oxygens (including phenoxy) is 2. The molecule has 1 amide bonds. The van der Waals surface area contributed by atoms with Crippen LogP contribution in [0.25, 0.3) is 0 Å². The Kier molecular flexibility index (Phi) is 44.7. The largest absolute Gasteiger partial charge is 0.394 e. The van der Waals surface area contributed by atoms with E-state index in [-0.39, 0.29) is 12.5 Å². The number of amides is 1. The van der Waals surface area contributed by atoms with E-state index in [0.717, 1.165) is 64.2 Å². The molecule has 0 bridgehead atoms. The summed E-state index contributed by atoms with van der Waals surface area (Å²) < 4.78 is 11.2. The summed E-state index contributed by atoms with van der Waals surface area (Å²) in [5, 5.41) is 54.4. The molecule has 0 spiro atoms. The molecule has 9 heteroatoms. The molecule has 0 radical (unpaired) electrons. The molecule has 0 aromatic heterocycles. The second kappa shape index (κ2) is 47.6. The third kappa shape index (κ3) is 37.4. The molecule has 7 unspecified atom stereocenters. The number of allylic oxidation sites excluding steroid dienone is 9. The quantitative estimate of drug-likeness (QED) is 0.0261. The first-order chi connectivity index (χ1) is 32.8. The molecule has 0 aromatic carbocycles. The molecule has 1 saturated heterocycles. The van der Waals surface area contributed by atoms with Crippen molar-refractivity contribution in [2.24, 2.45) is 0 Å². The number of carbonyl (C=O) groups is 1. The molecule has 1 rings (SSSR count). The Labute approximate surface area is 411 Å². The van der Waals surface area contributed by atoms with Crippen molar-refractivity contribution in [1.82, 2.24) is 5.32 Å². The SMILES string of the molecule is CCCCC/C=C\C/C=C\CCCCCCCCCC(=O)NC(COC1OC(CO)C(O)C(O)C1O)C(O)/C=C/CC/C=C/CC/C=C/CCCCCCCCCCCCCCCCCCC. The van der Waals surface area contributed by atoms with Gasteiger partial charge >= 0.3 is 0 Å². The van der Waals surface area contributed by atoms with Gasteiger partial charge in [0.05, 0.1) is 25.4 Å². The molecule has 0 aliphatic carbocycles. The number of hydrogen-bond donors (Lipinski definition) is 6. The van der Waals surface area contributed by atoms with Crippen LogP contribution in [0.5, 0.6) is 0 Å². The Morgan fingerprint density at radius 3 is 1.37 bits per heavy atom. The van der Waals surface area contributed by atoms with Crippen molar-refractivity contribution in [3.05, 3.63) is 60.8 Å². The van der Waals surface area contributed by atoms with E-state index in [1.807, 2.05) is 6.08 Å². The summed E-state index contributed by atoms with van der Waals surface area (Å²) >= 11 is 0. The number of aliphatic hydroxyl groups excluding tert-OH is 5. The Hall–Kier alpha value is -2.11. The summed E-state index contributed by atoms with van der Waals surface area (Å²) in [6.07, 6.45) is 57.1. The zero-order valence-electron chi connectivity index (χ0n) is 43.1. The highest BCUT2D eigenvalue weighted by Gasteiger charge is 2.44. The predicted molar refractivity (Wildman–Crippen MR) is 281 cm³/mol. The van der Waals surface area contributed by atoms with Gasteiger partial charge in [-0.15, -0.1) is 0 Å². The fourth-order valence-electron chi connectivity index (χ4n) is 8.57. The fourth-order valence-corrected chi connectivity index (χ4v) is 8.57. The van der Waals surface area contributed by atoms with Gasteiger partial charge < -0.3 is 40.3 Å². The van der Waals surface area contributed by atoms with Gasteiger partial charge in [0, 0.05) is 6.42 Å². The van der Waals surface area contributed by atoms with Crippen LogP contribution in [0.15, 0.2) is 60.8 Å². The highest BCUT2D eigenvalue weighted by Crippen LogP contribution is 2.23. The molecule has 6 N–H and O–H groups in total. The third-order valence-electron chi connectivity index (χ3n) is 13.0. The molecule has 1 aliphatic heterocycles. The molecular weight excluding hydrogens is 839 g/mol. The van der Waals surface area contributed by atoms with Gasteiger partial charge in [-0.1, -0.05) is 222 Å². The van der Waals surface area contributed by atoms with E-state index in [4.69, 9.17) is 9.47 Å². The number of hydrogen-bond acceptors (Lipinski definition) is 8. The van der Waals surface area contributed by atoms with E-state index < -0.39 is 49.5 Å².